The molecule has 0 amide bonds. The zero-order chi connectivity index (χ0) is 21.9. The minimum absolute atomic E-state index is 0.159. The van der Waals surface area contributed by atoms with E-state index in [4.69, 9.17) is 14.2 Å². The highest BCUT2D eigenvalue weighted by Gasteiger charge is 2.65. The Morgan fingerprint density at radius 3 is 2.84 bits per heavy atom. The molecule has 2 aromatic carbocycles. The van der Waals surface area contributed by atoms with E-state index in [0.717, 1.165) is 36.4 Å². The predicted molar refractivity (Wildman–Crippen MR) is 121 cm³/mol. The van der Waals surface area contributed by atoms with Crippen LogP contribution in [0.2, 0.25) is 0 Å². The van der Waals surface area contributed by atoms with Gasteiger partial charge in [0.15, 0.2) is 17.6 Å². The van der Waals surface area contributed by atoms with Crippen LogP contribution in [-0.2, 0) is 27.8 Å². The molecule has 0 aromatic heterocycles. The van der Waals surface area contributed by atoms with Crippen LogP contribution in [0.15, 0.2) is 54.6 Å². The number of nitrogens with zero attached hydrogens (tertiary/aromatic N) is 1. The smallest absolute Gasteiger partial charge is 0.306 e. The summed E-state index contributed by atoms with van der Waals surface area (Å²) in [6.07, 6.45) is 6.82. The number of carbonyl (C=O) groups is 1. The van der Waals surface area contributed by atoms with Crippen LogP contribution in [0, 0.1) is 5.92 Å². The number of methoxy groups -OCH3 is 1. The Bertz CT molecular complexity index is 1080. The quantitative estimate of drug-likeness (QED) is 0.534. The number of carbonyl (C=O) groups excluding carboxylic acids is 1. The van der Waals surface area contributed by atoms with Crippen molar-refractivity contribution >= 4 is 5.97 Å². The first-order chi connectivity index (χ1) is 15.6. The molecule has 5 atom stereocenters. The van der Waals surface area contributed by atoms with E-state index in [1.54, 1.807) is 7.11 Å². The Morgan fingerprint density at radius 2 is 2.03 bits per heavy atom. The molecule has 166 valence electrons. The Hall–Kier alpha value is -2.79. The van der Waals surface area contributed by atoms with Crippen molar-refractivity contribution in [3.05, 3.63) is 71.3 Å². The van der Waals surface area contributed by atoms with Gasteiger partial charge in [-0.15, -0.1) is 0 Å². The minimum atomic E-state index is -0.387. The summed E-state index contributed by atoms with van der Waals surface area (Å²) in [5.74, 6) is 1.81. The molecule has 2 aliphatic heterocycles. The number of piperidine rings is 1. The third-order valence-electron chi connectivity index (χ3n) is 8.06. The van der Waals surface area contributed by atoms with Gasteiger partial charge in [-0.3, -0.25) is 4.79 Å². The Labute approximate surface area is 189 Å². The second-order valence-corrected chi connectivity index (χ2v) is 9.56. The van der Waals surface area contributed by atoms with Gasteiger partial charge >= 0.3 is 5.97 Å². The van der Waals surface area contributed by atoms with Crippen LogP contribution in [0.3, 0.4) is 0 Å². The lowest BCUT2D eigenvalue weighted by Gasteiger charge is -2.56. The maximum absolute atomic E-state index is 12.8. The fourth-order valence-corrected chi connectivity index (χ4v) is 6.57. The molecule has 2 aromatic rings. The maximum Gasteiger partial charge on any atom is 0.306 e. The van der Waals surface area contributed by atoms with Gasteiger partial charge in [0.1, 0.15) is 6.10 Å². The number of rotatable bonds is 5. The van der Waals surface area contributed by atoms with Crippen LogP contribution >= 0.6 is 0 Å². The fraction of sp³-hybridized carbons (Fsp3) is 0.444. The van der Waals surface area contributed by atoms with Gasteiger partial charge in [0.25, 0.3) is 0 Å². The van der Waals surface area contributed by atoms with Crippen LogP contribution in [-0.4, -0.2) is 49.8 Å². The molecular formula is C27H29NO4. The summed E-state index contributed by atoms with van der Waals surface area (Å²) in [6, 6.07) is 14.7. The lowest BCUT2D eigenvalue weighted by Crippen LogP contribution is -2.65. The van der Waals surface area contributed by atoms with Crippen LogP contribution in [0.5, 0.6) is 11.5 Å². The van der Waals surface area contributed by atoms with E-state index in [2.05, 4.69) is 30.2 Å². The fourth-order valence-electron chi connectivity index (χ4n) is 6.57. The van der Waals surface area contributed by atoms with Crippen molar-refractivity contribution < 1.29 is 19.0 Å². The van der Waals surface area contributed by atoms with Crippen molar-refractivity contribution in [3.63, 3.8) is 0 Å². The van der Waals surface area contributed by atoms with Crippen LogP contribution in [0.4, 0.5) is 0 Å². The standard InChI is InChI=1S/C27H29NO4/c1-28-15-14-27-19-10-12-22(31-23(29)13-8-17-6-4-3-5-7-17)26(27)32-25-21(30-2)11-9-18(24(25)27)16-20(19)28/h3-7,9-12,19-20,22,26H,8,13-16H2,1-2H3/t19-,20+,22-,26-,27-/m0/s1. The molecule has 32 heavy (non-hydrogen) atoms. The number of aryl methyl sites for hydroxylation is 1. The highest BCUT2D eigenvalue weighted by Crippen LogP contribution is 2.62. The molecule has 0 saturated carbocycles. The second kappa shape index (κ2) is 7.38. The van der Waals surface area contributed by atoms with Gasteiger partial charge in [0.05, 0.1) is 7.11 Å². The van der Waals surface area contributed by atoms with Gasteiger partial charge in [-0.25, -0.2) is 0 Å². The zero-order valence-corrected chi connectivity index (χ0v) is 18.6. The van der Waals surface area contributed by atoms with Crippen molar-refractivity contribution in [2.24, 2.45) is 5.92 Å². The Balaban J connectivity index is 1.32. The SMILES string of the molecule is COc1ccc2c3c1O[C@H]1[C@@H](OC(=O)CCc4ccccc4)C=C[C@H]4[C@@H](C2)N(C)CC[C@@]341. The molecule has 5 heteroatoms. The molecule has 2 aliphatic carbocycles. The van der Waals surface area contributed by atoms with Crippen LogP contribution < -0.4 is 9.47 Å². The van der Waals surface area contributed by atoms with Gasteiger partial charge in [-0.2, -0.15) is 0 Å². The zero-order valence-electron chi connectivity index (χ0n) is 18.6. The third kappa shape index (κ3) is 2.77. The summed E-state index contributed by atoms with van der Waals surface area (Å²) < 4.78 is 18.4. The van der Waals surface area contributed by atoms with Crippen molar-refractivity contribution in [3.8, 4) is 11.5 Å². The molecule has 1 saturated heterocycles. The molecule has 0 N–H and O–H groups in total. The van der Waals surface area contributed by atoms with Crippen molar-refractivity contribution in [1.82, 2.24) is 4.90 Å². The summed E-state index contributed by atoms with van der Waals surface area (Å²) in [5.41, 5.74) is 3.63. The molecule has 1 spiro atoms. The Kier molecular flexibility index (Phi) is 4.58. The molecule has 6 rings (SSSR count). The minimum Gasteiger partial charge on any atom is -0.493 e. The predicted octanol–water partition coefficient (Wildman–Crippen LogP) is 3.68. The largest absolute Gasteiger partial charge is 0.493 e. The summed E-state index contributed by atoms with van der Waals surface area (Å²) >= 11 is 0. The van der Waals surface area contributed by atoms with E-state index in [0.29, 0.717) is 24.8 Å². The van der Waals surface area contributed by atoms with Gasteiger partial charge < -0.3 is 19.1 Å². The number of likely N-dealkylation sites (tertiary alicyclic amines) is 1. The average molecular weight is 432 g/mol. The van der Waals surface area contributed by atoms with E-state index in [9.17, 15) is 4.79 Å². The van der Waals surface area contributed by atoms with Gasteiger partial charge in [0.2, 0.25) is 0 Å². The normalized spacial score (nSPS) is 31.6. The van der Waals surface area contributed by atoms with Crippen LogP contribution in [0.1, 0.15) is 29.5 Å². The highest BCUT2D eigenvalue weighted by atomic mass is 16.6. The Morgan fingerprint density at radius 1 is 1.19 bits per heavy atom. The first kappa shape index (κ1) is 19.9. The van der Waals surface area contributed by atoms with Crippen LogP contribution in [0.25, 0.3) is 0 Å². The molecule has 2 bridgehead atoms. The summed E-state index contributed by atoms with van der Waals surface area (Å²) in [5, 5.41) is 0. The number of hydrogen-bond acceptors (Lipinski definition) is 5. The van der Waals surface area contributed by atoms with Gasteiger partial charge in [-0.1, -0.05) is 42.5 Å². The highest BCUT2D eigenvalue weighted by molar-refractivity contribution is 5.70. The number of likely N-dealkylation sites (N-methyl/N-ethyl adjacent to an activating group) is 1. The molecule has 5 nitrogen and oxygen atoms in total. The van der Waals surface area contributed by atoms with Crippen molar-refractivity contribution in [1.29, 1.82) is 0 Å². The monoisotopic (exact) mass is 431 g/mol. The second-order valence-electron chi connectivity index (χ2n) is 9.56. The van der Waals surface area contributed by atoms with E-state index in [-0.39, 0.29) is 23.6 Å². The molecule has 0 unspecified atom stereocenters. The van der Waals surface area contributed by atoms with E-state index in [1.807, 2.05) is 36.4 Å². The van der Waals surface area contributed by atoms with Gasteiger partial charge in [0, 0.05) is 29.4 Å². The number of esters is 1. The summed E-state index contributed by atoms with van der Waals surface area (Å²) in [7, 11) is 3.92. The van der Waals surface area contributed by atoms with E-state index >= 15 is 0 Å². The lowest BCUT2D eigenvalue weighted by molar-refractivity contribution is -0.154. The average Bonchev–Trinajstić information content (AvgIpc) is 3.17. The van der Waals surface area contributed by atoms with E-state index in [1.165, 1.54) is 11.1 Å². The molecule has 2 heterocycles. The van der Waals surface area contributed by atoms with Gasteiger partial charge in [-0.05, 0) is 56.1 Å². The number of benzene rings is 2. The van der Waals surface area contributed by atoms with E-state index < -0.39 is 0 Å². The number of ether oxygens (including phenoxy) is 3. The van der Waals surface area contributed by atoms with Crippen molar-refractivity contribution in [2.45, 2.75) is 49.3 Å². The molecule has 0 radical (unpaired) electrons. The third-order valence-corrected chi connectivity index (χ3v) is 8.06. The summed E-state index contributed by atoms with van der Waals surface area (Å²) in [4.78, 5) is 15.3. The van der Waals surface area contributed by atoms with Crippen molar-refractivity contribution in [2.75, 3.05) is 20.7 Å². The topological polar surface area (TPSA) is 48.0 Å². The lowest BCUT2D eigenvalue weighted by atomic mass is 9.53. The summed E-state index contributed by atoms with van der Waals surface area (Å²) in [6.45, 7) is 1.01. The first-order valence-corrected chi connectivity index (χ1v) is 11.6. The molecular weight excluding hydrogens is 402 g/mol. The molecule has 4 aliphatic rings. The first-order valence-electron chi connectivity index (χ1n) is 11.6. The maximum atomic E-state index is 12.8. The molecule has 1 fully saturated rings. The number of hydrogen-bond donors (Lipinski definition) is 0.